The summed E-state index contributed by atoms with van der Waals surface area (Å²) in [6, 6.07) is 2.09. The SMILES string of the molecule is COCCn1cnnc1CN(C)C(=O)Nc1cc(F)c2c(c1)NC(=O)CO2. The molecule has 3 amide bonds. The van der Waals surface area contributed by atoms with Crippen LogP contribution in [-0.2, 0) is 22.6 Å². The van der Waals surface area contributed by atoms with E-state index in [4.69, 9.17) is 9.47 Å². The highest BCUT2D eigenvalue weighted by atomic mass is 19.1. The summed E-state index contributed by atoms with van der Waals surface area (Å²) in [5, 5.41) is 12.9. The molecule has 1 aromatic carbocycles. The van der Waals surface area contributed by atoms with Crippen LogP contribution in [0.25, 0.3) is 0 Å². The first-order chi connectivity index (χ1) is 13.0. The van der Waals surface area contributed by atoms with Gasteiger partial charge in [-0.1, -0.05) is 0 Å². The van der Waals surface area contributed by atoms with E-state index in [9.17, 15) is 14.0 Å². The van der Waals surface area contributed by atoms with Gasteiger partial charge in [0.25, 0.3) is 5.91 Å². The van der Waals surface area contributed by atoms with Crippen LogP contribution in [0.15, 0.2) is 18.5 Å². The van der Waals surface area contributed by atoms with E-state index in [1.807, 2.05) is 0 Å². The second-order valence-corrected chi connectivity index (χ2v) is 5.89. The van der Waals surface area contributed by atoms with Crippen molar-refractivity contribution in [2.45, 2.75) is 13.1 Å². The van der Waals surface area contributed by atoms with Gasteiger partial charge in [0, 0.05) is 32.5 Å². The van der Waals surface area contributed by atoms with E-state index in [0.29, 0.717) is 19.0 Å². The summed E-state index contributed by atoms with van der Waals surface area (Å²) in [6.45, 7) is 0.998. The van der Waals surface area contributed by atoms with Crippen molar-refractivity contribution in [3.05, 3.63) is 30.1 Å². The van der Waals surface area contributed by atoms with E-state index in [-0.39, 0.29) is 30.3 Å². The molecular weight excluding hydrogens is 359 g/mol. The largest absolute Gasteiger partial charge is 0.478 e. The molecule has 27 heavy (non-hydrogen) atoms. The third-order valence-electron chi connectivity index (χ3n) is 3.87. The van der Waals surface area contributed by atoms with Crippen molar-refractivity contribution in [2.24, 2.45) is 0 Å². The predicted molar refractivity (Wildman–Crippen MR) is 92.9 cm³/mol. The molecule has 2 N–H and O–H groups in total. The van der Waals surface area contributed by atoms with Crippen molar-refractivity contribution < 1.29 is 23.5 Å². The molecule has 0 fully saturated rings. The lowest BCUT2D eigenvalue weighted by atomic mass is 10.2. The second kappa shape index (κ2) is 7.99. The maximum atomic E-state index is 14.1. The number of carbonyl (C=O) groups excluding carboxylic acids is 2. The Hall–Kier alpha value is -3.21. The third kappa shape index (κ3) is 4.31. The van der Waals surface area contributed by atoms with E-state index in [1.165, 1.54) is 11.0 Å². The number of halogens is 1. The molecule has 0 saturated carbocycles. The summed E-state index contributed by atoms with van der Waals surface area (Å²) >= 11 is 0. The predicted octanol–water partition coefficient (Wildman–Crippen LogP) is 1.06. The van der Waals surface area contributed by atoms with Gasteiger partial charge in [-0.15, -0.1) is 10.2 Å². The number of anilines is 2. The Morgan fingerprint density at radius 1 is 1.52 bits per heavy atom. The molecule has 0 atom stereocenters. The average Bonchev–Trinajstić information content (AvgIpc) is 3.06. The van der Waals surface area contributed by atoms with E-state index >= 15 is 0 Å². The monoisotopic (exact) mass is 378 g/mol. The number of fused-ring (bicyclic) bond motifs is 1. The van der Waals surface area contributed by atoms with Crippen molar-refractivity contribution in [1.29, 1.82) is 0 Å². The number of aromatic nitrogens is 3. The molecule has 1 aliphatic heterocycles. The van der Waals surface area contributed by atoms with Gasteiger partial charge in [0.05, 0.1) is 18.8 Å². The lowest BCUT2D eigenvalue weighted by molar-refractivity contribution is -0.118. The molecule has 144 valence electrons. The van der Waals surface area contributed by atoms with Gasteiger partial charge in [0.2, 0.25) is 0 Å². The molecule has 10 nitrogen and oxygen atoms in total. The number of carbonyl (C=O) groups is 2. The zero-order valence-electron chi connectivity index (χ0n) is 14.9. The molecule has 0 radical (unpaired) electrons. The number of urea groups is 1. The quantitative estimate of drug-likeness (QED) is 0.778. The summed E-state index contributed by atoms with van der Waals surface area (Å²) < 4.78 is 26.0. The number of amides is 3. The zero-order chi connectivity index (χ0) is 19.4. The Kier molecular flexibility index (Phi) is 5.50. The number of benzene rings is 1. The smallest absolute Gasteiger partial charge is 0.321 e. The summed E-state index contributed by atoms with van der Waals surface area (Å²) in [6.07, 6.45) is 1.56. The fourth-order valence-electron chi connectivity index (χ4n) is 2.51. The number of nitrogens with zero attached hydrogens (tertiary/aromatic N) is 4. The lowest BCUT2D eigenvalue weighted by Crippen LogP contribution is -2.32. The molecule has 1 aromatic heterocycles. The number of hydrogen-bond donors (Lipinski definition) is 2. The number of nitrogens with one attached hydrogen (secondary N) is 2. The van der Waals surface area contributed by atoms with E-state index in [1.54, 1.807) is 25.1 Å². The summed E-state index contributed by atoms with van der Waals surface area (Å²) in [4.78, 5) is 25.2. The Balaban J connectivity index is 1.67. The molecule has 0 saturated heterocycles. The van der Waals surface area contributed by atoms with Crippen LogP contribution in [0, 0.1) is 5.82 Å². The minimum Gasteiger partial charge on any atom is -0.478 e. The van der Waals surface area contributed by atoms with Crippen molar-refractivity contribution >= 4 is 23.3 Å². The molecule has 1 aliphatic rings. The maximum absolute atomic E-state index is 14.1. The van der Waals surface area contributed by atoms with Crippen LogP contribution >= 0.6 is 0 Å². The number of methoxy groups -OCH3 is 1. The summed E-state index contributed by atoms with van der Waals surface area (Å²) in [5.74, 6) is -0.531. The fraction of sp³-hybridized carbons (Fsp3) is 0.375. The standard InChI is InChI=1S/C16H19FN6O4/c1-22(7-13-21-18-9-23(13)3-4-26-2)16(25)19-10-5-11(17)15-12(6-10)20-14(24)8-27-15/h5-6,9H,3-4,7-8H2,1-2H3,(H,19,25)(H,20,24). The van der Waals surface area contributed by atoms with Crippen LogP contribution in [0.2, 0.25) is 0 Å². The Labute approximate surface area is 154 Å². The number of ether oxygens (including phenoxy) is 2. The zero-order valence-corrected chi connectivity index (χ0v) is 14.9. The van der Waals surface area contributed by atoms with Crippen molar-refractivity contribution in [2.75, 3.05) is 38.0 Å². The summed E-state index contributed by atoms with van der Waals surface area (Å²) in [7, 11) is 3.17. The first kappa shape index (κ1) is 18.6. The Morgan fingerprint density at radius 3 is 3.11 bits per heavy atom. The molecule has 0 bridgehead atoms. The maximum Gasteiger partial charge on any atom is 0.321 e. The van der Waals surface area contributed by atoms with Crippen LogP contribution < -0.4 is 15.4 Å². The average molecular weight is 378 g/mol. The fourth-order valence-corrected chi connectivity index (χ4v) is 2.51. The van der Waals surface area contributed by atoms with E-state index in [2.05, 4.69) is 20.8 Å². The molecule has 11 heteroatoms. The topological polar surface area (TPSA) is 111 Å². The molecule has 3 rings (SSSR count). The van der Waals surface area contributed by atoms with E-state index in [0.717, 1.165) is 6.07 Å². The molecule has 0 aliphatic carbocycles. The molecule has 0 spiro atoms. The molecule has 2 heterocycles. The van der Waals surface area contributed by atoms with Gasteiger partial charge in [-0.2, -0.15) is 0 Å². The van der Waals surface area contributed by atoms with Gasteiger partial charge < -0.3 is 29.6 Å². The van der Waals surface area contributed by atoms with Crippen molar-refractivity contribution in [3.63, 3.8) is 0 Å². The van der Waals surface area contributed by atoms with Crippen LogP contribution in [0.4, 0.5) is 20.6 Å². The number of rotatable bonds is 6. The summed E-state index contributed by atoms with van der Waals surface area (Å²) in [5.41, 5.74) is 0.360. The molecular formula is C16H19FN6O4. The highest BCUT2D eigenvalue weighted by Gasteiger charge is 2.22. The van der Waals surface area contributed by atoms with Gasteiger partial charge in [0.1, 0.15) is 6.33 Å². The van der Waals surface area contributed by atoms with Gasteiger partial charge in [0.15, 0.2) is 24.0 Å². The first-order valence-corrected chi connectivity index (χ1v) is 8.12. The highest BCUT2D eigenvalue weighted by Crippen LogP contribution is 2.33. The van der Waals surface area contributed by atoms with Crippen molar-refractivity contribution in [3.8, 4) is 5.75 Å². The normalized spacial score (nSPS) is 12.8. The van der Waals surface area contributed by atoms with E-state index < -0.39 is 17.8 Å². The second-order valence-electron chi connectivity index (χ2n) is 5.89. The first-order valence-electron chi connectivity index (χ1n) is 8.12. The number of hydrogen-bond acceptors (Lipinski definition) is 6. The molecule has 2 aromatic rings. The third-order valence-corrected chi connectivity index (χ3v) is 3.87. The minimum atomic E-state index is -0.676. The minimum absolute atomic E-state index is 0.0489. The van der Waals surface area contributed by atoms with Crippen LogP contribution in [0.1, 0.15) is 5.82 Å². The lowest BCUT2D eigenvalue weighted by Gasteiger charge is -2.21. The van der Waals surface area contributed by atoms with Crippen LogP contribution in [0.3, 0.4) is 0 Å². The van der Waals surface area contributed by atoms with Crippen molar-refractivity contribution in [1.82, 2.24) is 19.7 Å². The Morgan fingerprint density at radius 2 is 2.33 bits per heavy atom. The Bertz CT molecular complexity index is 855. The van der Waals surface area contributed by atoms with Gasteiger partial charge in [-0.3, -0.25) is 4.79 Å². The van der Waals surface area contributed by atoms with Crippen LogP contribution in [0.5, 0.6) is 5.75 Å². The van der Waals surface area contributed by atoms with Gasteiger partial charge >= 0.3 is 6.03 Å². The van der Waals surface area contributed by atoms with Gasteiger partial charge in [-0.05, 0) is 6.07 Å². The van der Waals surface area contributed by atoms with Crippen LogP contribution in [-0.4, -0.2) is 59.0 Å². The molecule has 0 unspecified atom stereocenters. The highest BCUT2D eigenvalue weighted by molar-refractivity contribution is 5.97. The van der Waals surface area contributed by atoms with Gasteiger partial charge in [-0.25, -0.2) is 9.18 Å².